The Hall–Kier alpha value is -1.29. The number of ether oxygens (including phenoxy) is 1. The summed E-state index contributed by atoms with van der Waals surface area (Å²) in [5.74, 6) is -0.639. The Bertz CT molecular complexity index is 278. The maximum Gasteiger partial charge on any atom is 0.168 e. The molecule has 0 aliphatic rings. The zero-order valence-electron chi connectivity index (χ0n) is 7.16. The van der Waals surface area contributed by atoms with E-state index >= 15 is 0 Å². The molecule has 0 saturated heterocycles. The molecule has 0 radical (unpaired) electrons. The highest BCUT2D eigenvalue weighted by molar-refractivity contribution is 5.31. The van der Waals surface area contributed by atoms with Crippen molar-refractivity contribution in [2.24, 2.45) is 5.73 Å². The summed E-state index contributed by atoms with van der Waals surface area (Å²) in [5.41, 5.74) is 5.25. The largest absolute Gasteiger partial charge is 0.505 e. The van der Waals surface area contributed by atoms with Gasteiger partial charge in [0.15, 0.2) is 11.6 Å². The maximum atomic E-state index is 12.7. The zero-order chi connectivity index (χ0) is 9.68. The Morgan fingerprint density at radius 3 is 2.85 bits per heavy atom. The topological polar surface area (TPSA) is 55.5 Å². The molecule has 3 N–H and O–H groups in total. The van der Waals surface area contributed by atoms with Gasteiger partial charge in [0.2, 0.25) is 0 Å². The third-order valence-corrected chi connectivity index (χ3v) is 1.54. The lowest BCUT2D eigenvalue weighted by atomic mass is 10.3. The average molecular weight is 185 g/mol. The quantitative estimate of drug-likeness (QED) is 0.694. The van der Waals surface area contributed by atoms with Crippen LogP contribution in [0, 0.1) is 5.82 Å². The van der Waals surface area contributed by atoms with E-state index in [4.69, 9.17) is 15.6 Å². The van der Waals surface area contributed by atoms with Crippen LogP contribution in [0.2, 0.25) is 0 Å². The average Bonchev–Trinajstić information content (AvgIpc) is 2.12. The second-order valence-corrected chi connectivity index (χ2v) is 2.60. The minimum Gasteiger partial charge on any atom is -0.505 e. The molecule has 0 saturated carbocycles. The zero-order valence-corrected chi connectivity index (χ0v) is 7.16. The smallest absolute Gasteiger partial charge is 0.168 e. The van der Waals surface area contributed by atoms with Crippen LogP contribution in [0.25, 0.3) is 0 Å². The van der Waals surface area contributed by atoms with Crippen LogP contribution >= 0.6 is 0 Å². The molecule has 0 aliphatic carbocycles. The van der Waals surface area contributed by atoms with Crippen LogP contribution in [0.5, 0.6) is 11.5 Å². The first kappa shape index (κ1) is 9.80. The highest BCUT2D eigenvalue weighted by Crippen LogP contribution is 2.20. The summed E-state index contributed by atoms with van der Waals surface area (Å²) in [6.45, 7) is 1.00. The van der Waals surface area contributed by atoms with Crippen molar-refractivity contribution in [1.29, 1.82) is 0 Å². The van der Waals surface area contributed by atoms with E-state index in [0.717, 1.165) is 12.5 Å². The van der Waals surface area contributed by atoms with Crippen molar-refractivity contribution in [3.63, 3.8) is 0 Å². The predicted molar refractivity (Wildman–Crippen MR) is 47.2 cm³/mol. The molecule has 4 heteroatoms. The minimum absolute atomic E-state index is 0.369. The van der Waals surface area contributed by atoms with Gasteiger partial charge < -0.3 is 15.6 Å². The fourth-order valence-corrected chi connectivity index (χ4v) is 0.851. The van der Waals surface area contributed by atoms with Gasteiger partial charge in [0.05, 0.1) is 6.61 Å². The highest BCUT2D eigenvalue weighted by atomic mass is 19.1. The molecule has 1 aromatic carbocycles. The SMILES string of the molecule is NCCCOc1ccc(O)c(F)c1. The number of aromatic hydroxyl groups is 1. The number of phenols is 1. The van der Waals surface area contributed by atoms with E-state index in [1.165, 1.54) is 12.1 Å². The number of hydrogen-bond donors (Lipinski definition) is 2. The molecule has 0 atom stereocenters. The summed E-state index contributed by atoms with van der Waals surface area (Å²) in [5, 5.41) is 8.86. The Morgan fingerprint density at radius 2 is 2.23 bits per heavy atom. The first-order chi connectivity index (χ1) is 6.24. The first-order valence-corrected chi connectivity index (χ1v) is 4.05. The third kappa shape index (κ3) is 2.91. The second-order valence-electron chi connectivity index (χ2n) is 2.60. The molecule has 1 rings (SSSR count). The Morgan fingerprint density at radius 1 is 1.46 bits per heavy atom. The van der Waals surface area contributed by atoms with Crippen molar-refractivity contribution in [3.8, 4) is 11.5 Å². The van der Waals surface area contributed by atoms with Crippen LogP contribution in [-0.2, 0) is 0 Å². The normalized spacial score (nSPS) is 10.0. The molecular weight excluding hydrogens is 173 g/mol. The fraction of sp³-hybridized carbons (Fsp3) is 0.333. The predicted octanol–water partition coefficient (Wildman–Crippen LogP) is 1.26. The van der Waals surface area contributed by atoms with Gasteiger partial charge in [0.25, 0.3) is 0 Å². The summed E-state index contributed by atoms with van der Waals surface area (Å²) in [7, 11) is 0. The molecule has 1 aromatic rings. The van der Waals surface area contributed by atoms with Crippen molar-refractivity contribution < 1.29 is 14.2 Å². The van der Waals surface area contributed by atoms with E-state index in [1.807, 2.05) is 0 Å². The lowest BCUT2D eigenvalue weighted by Crippen LogP contribution is -2.06. The minimum atomic E-state index is -0.676. The summed E-state index contributed by atoms with van der Waals surface area (Å²) < 4.78 is 17.9. The van der Waals surface area contributed by atoms with Gasteiger partial charge in [0, 0.05) is 6.07 Å². The monoisotopic (exact) mass is 185 g/mol. The van der Waals surface area contributed by atoms with E-state index in [-0.39, 0.29) is 5.75 Å². The lowest BCUT2D eigenvalue weighted by molar-refractivity contribution is 0.310. The fourth-order valence-electron chi connectivity index (χ4n) is 0.851. The second kappa shape index (κ2) is 4.67. The van der Waals surface area contributed by atoms with Gasteiger partial charge in [-0.3, -0.25) is 0 Å². The first-order valence-electron chi connectivity index (χ1n) is 4.05. The molecule has 3 nitrogen and oxygen atoms in total. The van der Waals surface area contributed by atoms with Crippen LogP contribution in [0.4, 0.5) is 4.39 Å². The van der Waals surface area contributed by atoms with Gasteiger partial charge in [-0.2, -0.15) is 0 Å². The Balaban J connectivity index is 2.53. The molecule has 0 fully saturated rings. The van der Waals surface area contributed by atoms with Crippen molar-refractivity contribution in [3.05, 3.63) is 24.0 Å². The van der Waals surface area contributed by atoms with Crippen LogP contribution in [0.3, 0.4) is 0 Å². The molecule has 0 bridgehead atoms. The van der Waals surface area contributed by atoms with Crippen LogP contribution < -0.4 is 10.5 Å². The number of halogens is 1. The van der Waals surface area contributed by atoms with Gasteiger partial charge in [-0.1, -0.05) is 0 Å². The number of phenolic OH excluding ortho intramolecular Hbond substituents is 1. The van der Waals surface area contributed by atoms with Gasteiger partial charge in [-0.15, -0.1) is 0 Å². The van der Waals surface area contributed by atoms with Crippen LogP contribution in [0.15, 0.2) is 18.2 Å². The maximum absolute atomic E-state index is 12.7. The van der Waals surface area contributed by atoms with E-state index in [2.05, 4.69) is 0 Å². The van der Waals surface area contributed by atoms with Gasteiger partial charge in [-0.05, 0) is 25.1 Å². The van der Waals surface area contributed by atoms with Crippen molar-refractivity contribution in [2.45, 2.75) is 6.42 Å². The number of rotatable bonds is 4. The summed E-state index contributed by atoms with van der Waals surface area (Å²) in [6, 6.07) is 3.91. The third-order valence-electron chi connectivity index (χ3n) is 1.54. The molecule has 0 aromatic heterocycles. The van der Waals surface area contributed by atoms with Gasteiger partial charge >= 0.3 is 0 Å². The van der Waals surface area contributed by atoms with Gasteiger partial charge in [0.1, 0.15) is 5.75 Å². The van der Waals surface area contributed by atoms with Gasteiger partial charge in [-0.25, -0.2) is 4.39 Å². The van der Waals surface area contributed by atoms with E-state index in [1.54, 1.807) is 0 Å². The number of benzene rings is 1. The molecule has 13 heavy (non-hydrogen) atoms. The van der Waals surface area contributed by atoms with Crippen molar-refractivity contribution in [2.75, 3.05) is 13.2 Å². The molecule has 0 amide bonds. The molecular formula is C9H12FNO2. The number of nitrogens with two attached hydrogens (primary N) is 1. The standard InChI is InChI=1S/C9H12FNO2/c10-8-6-7(2-3-9(8)12)13-5-1-4-11/h2-3,6,12H,1,4-5,11H2. The molecule has 0 heterocycles. The molecule has 72 valence electrons. The molecule has 0 spiro atoms. The molecule has 0 aliphatic heterocycles. The summed E-state index contributed by atoms with van der Waals surface area (Å²) >= 11 is 0. The van der Waals surface area contributed by atoms with Crippen molar-refractivity contribution in [1.82, 2.24) is 0 Å². The number of hydrogen-bond acceptors (Lipinski definition) is 3. The lowest BCUT2D eigenvalue weighted by Gasteiger charge is -2.05. The van der Waals surface area contributed by atoms with Crippen LogP contribution in [-0.4, -0.2) is 18.3 Å². The Kier molecular flexibility index (Phi) is 3.52. The molecule has 0 unspecified atom stereocenters. The van der Waals surface area contributed by atoms with E-state index < -0.39 is 5.82 Å². The van der Waals surface area contributed by atoms with E-state index in [9.17, 15) is 4.39 Å². The van der Waals surface area contributed by atoms with Crippen molar-refractivity contribution >= 4 is 0 Å². The van der Waals surface area contributed by atoms with E-state index in [0.29, 0.717) is 18.9 Å². The van der Waals surface area contributed by atoms with Crippen LogP contribution in [0.1, 0.15) is 6.42 Å². The summed E-state index contributed by atoms with van der Waals surface area (Å²) in [4.78, 5) is 0. The summed E-state index contributed by atoms with van der Waals surface area (Å²) in [6.07, 6.45) is 0.725. The highest BCUT2D eigenvalue weighted by Gasteiger charge is 2.01. The Labute approximate surface area is 75.9 Å².